The molecular formula is C14H15NO3. The molecule has 0 aliphatic carbocycles. The van der Waals surface area contributed by atoms with E-state index in [0.29, 0.717) is 0 Å². The summed E-state index contributed by atoms with van der Waals surface area (Å²) in [7, 11) is 1.37. The minimum atomic E-state index is -0.303. The second kappa shape index (κ2) is 6.02. The first-order valence-corrected chi connectivity index (χ1v) is 5.70. The van der Waals surface area contributed by atoms with E-state index in [2.05, 4.69) is 10.1 Å². The third kappa shape index (κ3) is 2.99. The van der Waals surface area contributed by atoms with Crippen molar-refractivity contribution in [3.63, 3.8) is 0 Å². The van der Waals surface area contributed by atoms with E-state index in [1.54, 1.807) is 6.26 Å². The number of carbonyl (C=O) groups is 1. The molecule has 1 atom stereocenters. The number of furan rings is 1. The summed E-state index contributed by atoms with van der Waals surface area (Å²) in [5, 5.41) is 3.12. The fraction of sp³-hybridized carbons (Fsp3) is 0.214. The van der Waals surface area contributed by atoms with Gasteiger partial charge in [-0.3, -0.25) is 10.1 Å². The number of esters is 1. The summed E-state index contributed by atoms with van der Waals surface area (Å²) in [6, 6.07) is 13.4. The second-order valence-electron chi connectivity index (χ2n) is 3.82. The van der Waals surface area contributed by atoms with Gasteiger partial charge in [-0.1, -0.05) is 30.3 Å². The molecule has 1 aromatic heterocycles. The van der Waals surface area contributed by atoms with E-state index in [0.717, 1.165) is 11.3 Å². The number of nitrogens with one attached hydrogen (secondary N) is 1. The van der Waals surface area contributed by atoms with Gasteiger partial charge in [-0.05, 0) is 17.7 Å². The van der Waals surface area contributed by atoms with Gasteiger partial charge in [0, 0.05) is 0 Å². The summed E-state index contributed by atoms with van der Waals surface area (Å²) in [5.74, 6) is 0.465. The molecule has 18 heavy (non-hydrogen) atoms. The molecule has 1 heterocycles. The Morgan fingerprint density at radius 1 is 1.28 bits per heavy atom. The van der Waals surface area contributed by atoms with E-state index in [1.165, 1.54) is 7.11 Å². The number of hydrogen-bond acceptors (Lipinski definition) is 4. The molecular weight excluding hydrogens is 230 g/mol. The maximum atomic E-state index is 11.2. The number of hydrogen-bond donors (Lipinski definition) is 1. The first kappa shape index (κ1) is 12.4. The van der Waals surface area contributed by atoms with E-state index < -0.39 is 0 Å². The Labute approximate surface area is 106 Å². The number of benzene rings is 1. The molecule has 0 spiro atoms. The fourth-order valence-corrected chi connectivity index (χ4v) is 1.74. The minimum Gasteiger partial charge on any atom is -0.468 e. The number of rotatable bonds is 5. The Kier molecular flexibility index (Phi) is 4.15. The van der Waals surface area contributed by atoms with Crippen LogP contribution in [-0.4, -0.2) is 19.6 Å². The predicted octanol–water partition coefficient (Wildman–Crippen LogP) is 2.13. The van der Waals surface area contributed by atoms with Gasteiger partial charge < -0.3 is 9.15 Å². The molecule has 1 N–H and O–H groups in total. The quantitative estimate of drug-likeness (QED) is 0.820. The topological polar surface area (TPSA) is 51.5 Å². The van der Waals surface area contributed by atoms with Gasteiger partial charge in [-0.2, -0.15) is 0 Å². The van der Waals surface area contributed by atoms with E-state index in [-0.39, 0.29) is 18.6 Å². The molecule has 0 radical (unpaired) electrons. The van der Waals surface area contributed by atoms with Crippen molar-refractivity contribution in [2.24, 2.45) is 0 Å². The van der Waals surface area contributed by atoms with Crippen molar-refractivity contribution >= 4 is 5.97 Å². The van der Waals surface area contributed by atoms with Crippen LogP contribution in [-0.2, 0) is 9.53 Å². The average Bonchev–Trinajstić information content (AvgIpc) is 2.94. The van der Waals surface area contributed by atoms with Crippen molar-refractivity contribution < 1.29 is 13.9 Å². The molecule has 4 heteroatoms. The van der Waals surface area contributed by atoms with Crippen molar-refractivity contribution in [2.45, 2.75) is 6.04 Å². The summed E-state index contributed by atoms with van der Waals surface area (Å²) in [6.07, 6.45) is 1.62. The zero-order valence-electron chi connectivity index (χ0n) is 10.1. The van der Waals surface area contributed by atoms with Crippen LogP contribution in [0.25, 0.3) is 0 Å². The Balaban J connectivity index is 2.16. The highest BCUT2D eigenvalue weighted by Gasteiger charge is 2.17. The van der Waals surface area contributed by atoms with Crippen LogP contribution in [0.3, 0.4) is 0 Å². The third-order valence-electron chi connectivity index (χ3n) is 2.64. The highest BCUT2D eigenvalue weighted by Crippen LogP contribution is 2.21. The normalized spacial score (nSPS) is 12.1. The van der Waals surface area contributed by atoms with Gasteiger partial charge in [0.1, 0.15) is 5.76 Å². The Morgan fingerprint density at radius 2 is 2.06 bits per heavy atom. The SMILES string of the molecule is COC(=O)CNC(c1ccccc1)c1ccco1. The zero-order chi connectivity index (χ0) is 12.8. The number of ether oxygens (including phenoxy) is 1. The lowest BCUT2D eigenvalue weighted by Crippen LogP contribution is -2.28. The van der Waals surface area contributed by atoms with Crippen LogP contribution < -0.4 is 5.32 Å². The Hall–Kier alpha value is -2.07. The molecule has 0 aliphatic heterocycles. The third-order valence-corrected chi connectivity index (χ3v) is 2.64. The summed E-state index contributed by atoms with van der Waals surface area (Å²) in [5.41, 5.74) is 1.04. The Bertz CT molecular complexity index is 479. The fourth-order valence-electron chi connectivity index (χ4n) is 1.74. The first-order valence-electron chi connectivity index (χ1n) is 5.70. The van der Waals surface area contributed by atoms with Gasteiger partial charge in [0.25, 0.3) is 0 Å². The number of carbonyl (C=O) groups excluding carboxylic acids is 1. The van der Waals surface area contributed by atoms with Crippen molar-refractivity contribution in [1.82, 2.24) is 5.32 Å². The van der Waals surface area contributed by atoms with Crippen molar-refractivity contribution in [3.05, 3.63) is 60.1 Å². The molecule has 0 saturated carbocycles. The molecule has 4 nitrogen and oxygen atoms in total. The monoisotopic (exact) mass is 245 g/mol. The summed E-state index contributed by atoms with van der Waals surface area (Å²) >= 11 is 0. The lowest BCUT2D eigenvalue weighted by Gasteiger charge is -2.16. The van der Waals surface area contributed by atoms with Crippen LogP contribution in [0.2, 0.25) is 0 Å². The van der Waals surface area contributed by atoms with E-state index in [4.69, 9.17) is 4.42 Å². The standard InChI is InChI=1S/C14H15NO3/c1-17-13(16)10-15-14(12-8-5-9-18-12)11-6-3-2-4-7-11/h2-9,14-15H,10H2,1H3. The number of methoxy groups -OCH3 is 1. The molecule has 2 rings (SSSR count). The minimum absolute atomic E-state index is 0.136. The van der Waals surface area contributed by atoms with Crippen LogP contribution in [0.1, 0.15) is 17.4 Å². The largest absolute Gasteiger partial charge is 0.468 e. The van der Waals surface area contributed by atoms with Gasteiger partial charge in [-0.25, -0.2) is 0 Å². The summed E-state index contributed by atoms with van der Waals surface area (Å²) in [6.45, 7) is 0.136. The average molecular weight is 245 g/mol. The Morgan fingerprint density at radius 3 is 2.67 bits per heavy atom. The van der Waals surface area contributed by atoms with E-state index >= 15 is 0 Å². The van der Waals surface area contributed by atoms with Gasteiger partial charge in [0.15, 0.2) is 0 Å². The maximum Gasteiger partial charge on any atom is 0.319 e. The molecule has 1 unspecified atom stereocenters. The zero-order valence-corrected chi connectivity index (χ0v) is 10.1. The molecule has 0 saturated heterocycles. The lowest BCUT2D eigenvalue weighted by molar-refractivity contribution is -0.139. The van der Waals surface area contributed by atoms with Crippen LogP contribution in [0.5, 0.6) is 0 Å². The van der Waals surface area contributed by atoms with Gasteiger partial charge in [0.2, 0.25) is 0 Å². The molecule has 0 bridgehead atoms. The molecule has 0 fully saturated rings. The molecule has 0 aliphatic rings. The highest BCUT2D eigenvalue weighted by atomic mass is 16.5. The van der Waals surface area contributed by atoms with Crippen LogP contribution >= 0.6 is 0 Å². The molecule has 0 amide bonds. The maximum absolute atomic E-state index is 11.2. The van der Waals surface area contributed by atoms with E-state index in [1.807, 2.05) is 42.5 Å². The molecule has 1 aromatic carbocycles. The van der Waals surface area contributed by atoms with Crippen LogP contribution in [0.15, 0.2) is 53.1 Å². The summed E-state index contributed by atoms with van der Waals surface area (Å²) < 4.78 is 10.0. The van der Waals surface area contributed by atoms with Gasteiger partial charge in [0.05, 0.1) is 26.0 Å². The second-order valence-corrected chi connectivity index (χ2v) is 3.82. The first-order chi connectivity index (χ1) is 8.81. The predicted molar refractivity (Wildman–Crippen MR) is 67.0 cm³/mol. The molecule has 94 valence electrons. The van der Waals surface area contributed by atoms with Crippen molar-refractivity contribution in [1.29, 1.82) is 0 Å². The summed E-state index contributed by atoms with van der Waals surface area (Å²) in [4.78, 5) is 11.2. The van der Waals surface area contributed by atoms with E-state index in [9.17, 15) is 4.79 Å². The van der Waals surface area contributed by atoms with Crippen LogP contribution in [0, 0.1) is 0 Å². The smallest absolute Gasteiger partial charge is 0.319 e. The van der Waals surface area contributed by atoms with Gasteiger partial charge in [-0.15, -0.1) is 0 Å². The molecule has 2 aromatic rings. The van der Waals surface area contributed by atoms with Crippen LogP contribution in [0.4, 0.5) is 0 Å². The van der Waals surface area contributed by atoms with Gasteiger partial charge >= 0.3 is 5.97 Å². The highest BCUT2D eigenvalue weighted by molar-refractivity contribution is 5.71. The van der Waals surface area contributed by atoms with Crippen molar-refractivity contribution in [3.8, 4) is 0 Å². The van der Waals surface area contributed by atoms with Crippen molar-refractivity contribution in [2.75, 3.05) is 13.7 Å². The lowest BCUT2D eigenvalue weighted by atomic mass is 10.0.